The Morgan fingerprint density at radius 3 is 2.48 bits per heavy atom. The van der Waals surface area contributed by atoms with Gasteiger partial charge in [0.05, 0.1) is 15.7 Å². The number of rotatable bonds is 4. The molecular weight excluding hydrogens is 337 g/mol. The number of carboxylic acids is 1. The molecule has 0 aliphatic carbocycles. The fourth-order valence-electron chi connectivity index (χ4n) is 2.25. The second-order valence-corrected chi connectivity index (χ2v) is 5.39. The monoisotopic (exact) mass is 351 g/mol. The number of para-hydroxylation sites is 1. The normalized spacial score (nSPS) is 10.5. The zero-order valence-corrected chi connectivity index (χ0v) is 13.3. The highest BCUT2D eigenvalue weighted by Crippen LogP contribution is 2.34. The third-order valence-corrected chi connectivity index (χ3v) is 4.08. The van der Waals surface area contributed by atoms with Crippen molar-refractivity contribution in [2.75, 3.05) is 11.4 Å². The minimum atomic E-state index is -1.16. The largest absolute Gasteiger partial charge is 0.478 e. The Balaban J connectivity index is 2.57. The van der Waals surface area contributed by atoms with Gasteiger partial charge >= 0.3 is 5.97 Å². The molecule has 1 N–H and O–H groups in total. The summed E-state index contributed by atoms with van der Waals surface area (Å²) >= 11 is 3.04. The Bertz CT molecular complexity index is 688. The van der Waals surface area contributed by atoms with E-state index < -0.39 is 11.8 Å². The number of anilines is 2. The highest BCUT2D eigenvalue weighted by atomic mass is 79.9. The van der Waals surface area contributed by atoms with Crippen LogP contribution in [0, 0.1) is 12.7 Å². The Morgan fingerprint density at radius 1 is 1.24 bits per heavy atom. The van der Waals surface area contributed by atoms with Crippen LogP contribution in [0.1, 0.15) is 22.8 Å². The third kappa shape index (κ3) is 2.93. The number of benzene rings is 2. The Hall–Kier alpha value is -1.88. The van der Waals surface area contributed by atoms with Crippen molar-refractivity contribution in [2.24, 2.45) is 0 Å². The maximum atomic E-state index is 14.5. The molecular formula is C16H15BrFNO2. The Labute approximate surface area is 131 Å². The molecule has 0 saturated carbocycles. The number of carbonyl (C=O) groups is 1. The molecule has 0 saturated heterocycles. The standard InChI is InChI=1S/C16H15BrFNO2/c1-3-19(12-7-5-4-6-10(12)2)13-9-8-11(16(20)21)14(17)15(13)18/h4-9H,3H2,1-2H3,(H,20,21). The molecule has 0 unspecified atom stereocenters. The van der Waals surface area contributed by atoms with E-state index in [2.05, 4.69) is 15.9 Å². The van der Waals surface area contributed by atoms with Crippen molar-refractivity contribution in [3.63, 3.8) is 0 Å². The van der Waals surface area contributed by atoms with Gasteiger partial charge in [-0.3, -0.25) is 0 Å². The Kier molecular flexibility index (Phi) is 4.63. The van der Waals surface area contributed by atoms with E-state index in [0.29, 0.717) is 12.2 Å². The van der Waals surface area contributed by atoms with Crippen LogP contribution in [0.3, 0.4) is 0 Å². The molecule has 0 atom stereocenters. The predicted molar refractivity (Wildman–Crippen MR) is 84.9 cm³/mol. The van der Waals surface area contributed by atoms with Gasteiger partial charge in [0.15, 0.2) is 5.82 Å². The maximum Gasteiger partial charge on any atom is 0.336 e. The van der Waals surface area contributed by atoms with Gasteiger partial charge in [-0.25, -0.2) is 9.18 Å². The van der Waals surface area contributed by atoms with E-state index in [-0.39, 0.29) is 10.0 Å². The molecule has 2 rings (SSSR count). The molecule has 0 bridgehead atoms. The summed E-state index contributed by atoms with van der Waals surface area (Å²) in [6.07, 6.45) is 0. The van der Waals surface area contributed by atoms with Crippen LogP contribution in [-0.4, -0.2) is 17.6 Å². The molecule has 2 aromatic rings. The fourth-order valence-corrected chi connectivity index (χ4v) is 2.75. The van der Waals surface area contributed by atoms with Gasteiger partial charge in [-0.2, -0.15) is 0 Å². The van der Waals surface area contributed by atoms with Gasteiger partial charge in [-0.15, -0.1) is 0 Å². The van der Waals surface area contributed by atoms with E-state index >= 15 is 0 Å². The van der Waals surface area contributed by atoms with Crippen LogP contribution in [0.4, 0.5) is 15.8 Å². The van der Waals surface area contributed by atoms with Crippen LogP contribution in [0.15, 0.2) is 40.9 Å². The Morgan fingerprint density at radius 2 is 1.90 bits per heavy atom. The number of aromatic carboxylic acids is 1. The van der Waals surface area contributed by atoms with E-state index in [1.807, 2.05) is 43.0 Å². The van der Waals surface area contributed by atoms with Crippen LogP contribution in [-0.2, 0) is 0 Å². The van der Waals surface area contributed by atoms with E-state index in [9.17, 15) is 9.18 Å². The quantitative estimate of drug-likeness (QED) is 0.863. The van der Waals surface area contributed by atoms with Crippen LogP contribution in [0.25, 0.3) is 0 Å². The molecule has 0 spiro atoms. The van der Waals surface area contributed by atoms with Gasteiger partial charge in [-0.1, -0.05) is 18.2 Å². The molecule has 3 nitrogen and oxygen atoms in total. The van der Waals surface area contributed by atoms with E-state index in [1.165, 1.54) is 12.1 Å². The minimum Gasteiger partial charge on any atom is -0.478 e. The van der Waals surface area contributed by atoms with Crippen LogP contribution in [0.5, 0.6) is 0 Å². The molecule has 0 amide bonds. The summed E-state index contributed by atoms with van der Waals surface area (Å²) in [5.74, 6) is -1.73. The third-order valence-electron chi connectivity index (χ3n) is 3.31. The van der Waals surface area contributed by atoms with Crippen molar-refractivity contribution < 1.29 is 14.3 Å². The first kappa shape index (κ1) is 15.5. The van der Waals surface area contributed by atoms with Gasteiger partial charge in [0, 0.05) is 12.2 Å². The summed E-state index contributed by atoms with van der Waals surface area (Å²) in [6, 6.07) is 10.6. The van der Waals surface area contributed by atoms with Gasteiger partial charge < -0.3 is 10.0 Å². The van der Waals surface area contributed by atoms with Crippen molar-refractivity contribution in [3.05, 3.63) is 57.8 Å². The lowest BCUT2D eigenvalue weighted by atomic mass is 10.1. The van der Waals surface area contributed by atoms with Gasteiger partial charge in [-0.05, 0) is 53.5 Å². The summed E-state index contributed by atoms with van der Waals surface area (Å²) in [7, 11) is 0. The molecule has 0 heterocycles. The lowest BCUT2D eigenvalue weighted by molar-refractivity contribution is 0.0695. The van der Waals surface area contributed by atoms with E-state index in [0.717, 1.165) is 11.3 Å². The van der Waals surface area contributed by atoms with Crippen LogP contribution in [0.2, 0.25) is 0 Å². The topological polar surface area (TPSA) is 40.5 Å². The van der Waals surface area contributed by atoms with Crippen molar-refractivity contribution >= 4 is 33.3 Å². The number of carboxylic acid groups (broad SMARTS) is 1. The zero-order chi connectivity index (χ0) is 15.6. The lowest BCUT2D eigenvalue weighted by Gasteiger charge is -2.26. The predicted octanol–water partition coefficient (Wildman–Crippen LogP) is 4.75. The van der Waals surface area contributed by atoms with Crippen LogP contribution >= 0.6 is 15.9 Å². The molecule has 0 aliphatic heterocycles. The minimum absolute atomic E-state index is 0.0282. The highest BCUT2D eigenvalue weighted by molar-refractivity contribution is 9.10. The highest BCUT2D eigenvalue weighted by Gasteiger charge is 2.20. The molecule has 21 heavy (non-hydrogen) atoms. The second kappa shape index (κ2) is 6.26. The molecule has 2 aromatic carbocycles. The summed E-state index contributed by atoms with van der Waals surface area (Å²) in [4.78, 5) is 12.9. The number of hydrogen-bond donors (Lipinski definition) is 1. The van der Waals surface area contributed by atoms with E-state index in [4.69, 9.17) is 5.11 Å². The first-order valence-electron chi connectivity index (χ1n) is 6.51. The van der Waals surface area contributed by atoms with Crippen molar-refractivity contribution in [3.8, 4) is 0 Å². The summed E-state index contributed by atoms with van der Waals surface area (Å²) in [6.45, 7) is 4.45. The molecule has 0 radical (unpaired) electrons. The first-order chi connectivity index (χ1) is 9.97. The fraction of sp³-hybridized carbons (Fsp3) is 0.188. The number of nitrogens with zero attached hydrogens (tertiary/aromatic N) is 1. The van der Waals surface area contributed by atoms with Gasteiger partial charge in [0.1, 0.15) is 0 Å². The SMILES string of the molecule is CCN(c1ccccc1C)c1ccc(C(=O)O)c(Br)c1F. The van der Waals surface area contributed by atoms with Crippen molar-refractivity contribution in [1.29, 1.82) is 0 Å². The summed E-state index contributed by atoms with van der Waals surface area (Å²) in [5.41, 5.74) is 2.19. The summed E-state index contributed by atoms with van der Waals surface area (Å²) < 4.78 is 14.5. The van der Waals surface area contributed by atoms with Crippen LogP contribution < -0.4 is 4.90 Å². The van der Waals surface area contributed by atoms with Crippen molar-refractivity contribution in [2.45, 2.75) is 13.8 Å². The first-order valence-corrected chi connectivity index (χ1v) is 7.31. The average Bonchev–Trinajstić information content (AvgIpc) is 2.45. The van der Waals surface area contributed by atoms with Gasteiger partial charge in [0.25, 0.3) is 0 Å². The lowest BCUT2D eigenvalue weighted by Crippen LogP contribution is -2.19. The maximum absolute atomic E-state index is 14.5. The molecule has 0 aromatic heterocycles. The zero-order valence-electron chi connectivity index (χ0n) is 11.7. The van der Waals surface area contributed by atoms with Crippen molar-refractivity contribution in [1.82, 2.24) is 0 Å². The average molecular weight is 352 g/mol. The second-order valence-electron chi connectivity index (χ2n) is 4.60. The van der Waals surface area contributed by atoms with E-state index in [1.54, 1.807) is 0 Å². The number of halogens is 2. The number of hydrogen-bond acceptors (Lipinski definition) is 2. The number of aryl methyl sites for hydroxylation is 1. The molecule has 0 aliphatic rings. The molecule has 110 valence electrons. The van der Waals surface area contributed by atoms with Gasteiger partial charge in [0.2, 0.25) is 0 Å². The molecule has 5 heteroatoms. The smallest absolute Gasteiger partial charge is 0.336 e. The summed E-state index contributed by atoms with van der Waals surface area (Å²) in [5, 5.41) is 9.03. The molecule has 0 fully saturated rings.